The molecule has 0 aliphatic carbocycles. The summed E-state index contributed by atoms with van der Waals surface area (Å²) in [5.74, 6) is -0.301. The van der Waals surface area contributed by atoms with Gasteiger partial charge in [0, 0.05) is 5.92 Å². The number of ether oxygens (including phenoxy) is 3. The van der Waals surface area contributed by atoms with Gasteiger partial charge >= 0.3 is 13.7 Å². The second-order valence-electron chi connectivity index (χ2n) is 9.74. The van der Waals surface area contributed by atoms with Crippen molar-refractivity contribution in [1.82, 2.24) is 19.7 Å². The molecule has 1 unspecified atom stereocenters. The number of aliphatic hydroxyl groups is 2. The normalized spacial score (nSPS) is 26.5. The first-order chi connectivity index (χ1) is 19.6. The van der Waals surface area contributed by atoms with Crippen LogP contribution in [-0.2, 0) is 28.1 Å². The lowest BCUT2D eigenvalue weighted by atomic mass is 9.96. The first-order valence-electron chi connectivity index (χ1n) is 12.7. The highest BCUT2D eigenvalue weighted by Gasteiger charge is 2.57. The minimum atomic E-state index is -4.41. The Morgan fingerprint density at radius 2 is 2.07 bits per heavy atom. The van der Waals surface area contributed by atoms with Crippen molar-refractivity contribution in [2.24, 2.45) is 5.92 Å². The summed E-state index contributed by atoms with van der Waals surface area (Å²) in [6.45, 7) is 1.71. The van der Waals surface area contributed by atoms with E-state index in [-0.39, 0.29) is 29.8 Å². The quantitative estimate of drug-likeness (QED) is 0.180. The highest BCUT2D eigenvalue weighted by atomic mass is 31.2. The van der Waals surface area contributed by atoms with Crippen molar-refractivity contribution in [3.8, 4) is 11.8 Å². The molecule has 5 N–H and O–H groups in total. The highest BCUT2D eigenvalue weighted by molar-refractivity contribution is 7.52. The van der Waals surface area contributed by atoms with E-state index in [1.165, 1.54) is 29.9 Å². The largest absolute Gasteiger partial charge is 0.464 e. The smallest absolute Gasteiger partial charge is 0.459 e. The number of fused-ring (bicyclic) bond motifs is 1. The summed E-state index contributed by atoms with van der Waals surface area (Å²) in [5.41, 5.74) is 4.41. The number of carbonyl (C=O) groups excluding carboxylic acids is 1. The van der Waals surface area contributed by atoms with E-state index < -0.39 is 50.3 Å². The summed E-state index contributed by atoms with van der Waals surface area (Å²) in [7, 11) is -4.41. The molecule has 15 nitrogen and oxygen atoms in total. The molecule has 0 bridgehead atoms. The zero-order valence-corrected chi connectivity index (χ0v) is 22.8. The van der Waals surface area contributed by atoms with Gasteiger partial charge in [-0.3, -0.25) is 9.32 Å². The van der Waals surface area contributed by atoms with E-state index in [0.29, 0.717) is 18.7 Å². The van der Waals surface area contributed by atoms with Gasteiger partial charge in [-0.2, -0.15) is 15.4 Å². The number of anilines is 1. The van der Waals surface area contributed by atoms with E-state index in [2.05, 4.69) is 15.2 Å². The maximum absolute atomic E-state index is 13.9. The molecule has 2 fully saturated rings. The van der Waals surface area contributed by atoms with Gasteiger partial charge in [0.05, 0.1) is 25.5 Å². The average Bonchev–Trinajstić information content (AvgIpc) is 3.47. The van der Waals surface area contributed by atoms with Crippen LogP contribution in [0.4, 0.5) is 5.82 Å². The fraction of sp³-hybridized carbons (Fsp3) is 0.440. The van der Waals surface area contributed by atoms with Gasteiger partial charge in [-0.25, -0.2) is 14.1 Å². The molecule has 16 heteroatoms. The molecule has 0 saturated carbocycles. The second kappa shape index (κ2) is 11.7. The van der Waals surface area contributed by atoms with E-state index in [4.69, 9.17) is 29.0 Å². The van der Waals surface area contributed by atoms with Crippen molar-refractivity contribution in [3.05, 3.63) is 54.5 Å². The van der Waals surface area contributed by atoms with Gasteiger partial charge in [-0.05, 0) is 31.2 Å². The Balaban J connectivity index is 1.35. The standard InChI is InChI=1S/C25H29N6O9P/c1-15(24(34)37-11-16-9-36-10-16)30-41(35,40-17-5-3-2-4-6-17)38-13-25(12-26)22(33)20(32)21(39-25)18-7-8-19-23(27)28-14-29-31(18)19/h2-8,14-16,20-22,32-33H,9-11,13H2,1H3,(H,30,35)(H2,27,28,29)/t15-,20-,21-,22-,25+,41?/m0/s1. The number of aliphatic hydroxyl groups excluding tert-OH is 2. The Bertz CT molecular complexity index is 1480. The number of rotatable bonds is 11. The molecule has 41 heavy (non-hydrogen) atoms. The Hall–Kier alpha value is -3.61. The molecule has 2 aliphatic heterocycles. The van der Waals surface area contributed by atoms with E-state index in [9.17, 15) is 24.8 Å². The SMILES string of the molecule is C[C@H](NP(=O)(OC[C@@]1(C#N)O[C@@H](c2ccc3c(N)ncnn23)[C@H](O)[C@@H]1O)Oc1ccccc1)C(=O)OCC1COC1. The molecule has 0 radical (unpaired) electrons. The zero-order valence-electron chi connectivity index (χ0n) is 21.9. The first kappa shape index (κ1) is 28.9. The van der Waals surface area contributed by atoms with Crippen LogP contribution in [0.15, 0.2) is 48.8 Å². The Morgan fingerprint density at radius 1 is 1.32 bits per heavy atom. The minimum absolute atomic E-state index is 0.0891. The number of hydrogen-bond acceptors (Lipinski definition) is 13. The number of carbonyl (C=O) groups is 1. The molecule has 4 heterocycles. The van der Waals surface area contributed by atoms with Gasteiger partial charge in [0.25, 0.3) is 0 Å². The van der Waals surface area contributed by atoms with Gasteiger partial charge in [0.15, 0.2) is 5.82 Å². The number of nitriles is 1. The maximum Gasteiger partial charge on any atom is 0.459 e. The predicted octanol–water partition coefficient (Wildman–Crippen LogP) is 0.738. The molecule has 2 aliphatic rings. The maximum atomic E-state index is 13.9. The third-order valence-corrected chi connectivity index (χ3v) is 8.36. The first-order valence-corrected chi connectivity index (χ1v) is 14.2. The van der Waals surface area contributed by atoms with Gasteiger partial charge < -0.3 is 34.7 Å². The van der Waals surface area contributed by atoms with Crippen LogP contribution in [0, 0.1) is 17.2 Å². The van der Waals surface area contributed by atoms with E-state index in [0.717, 1.165) is 0 Å². The molecule has 2 aromatic heterocycles. The number of nitrogen functional groups attached to an aromatic ring is 1. The Morgan fingerprint density at radius 3 is 2.76 bits per heavy atom. The summed E-state index contributed by atoms with van der Waals surface area (Å²) in [6, 6.07) is 11.9. The summed E-state index contributed by atoms with van der Waals surface area (Å²) >= 11 is 0. The van der Waals surface area contributed by atoms with Gasteiger partial charge in [0.1, 0.15) is 54.6 Å². The van der Waals surface area contributed by atoms with Gasteiger partial charge in [0.2, 0.25) is 5.60 Å². The fourth-order valence-corrected chi connectivity index (χ4v) is 5.88. The van der Waals surface area contributed by atoms with Crippen LogP contribution >= 0.6 is 7.75 Å². The lowest BCUT2D eigenvalue weighted by molar-refractivity contribution is -0.152. The van der Waals surface area contributed by atoms with Crippen molar-refractivity contribution in [2.45, 2.75) is 36.9 Å². The van der Waals surface area contributed by atoms with Gasteiger partial charge in [-0.15, -0.1) is 0 Å². The summed E-state index contributed by atoms with van der Waals surface area (Å²) in [6.07, 6.45) is -3.42. The number of nitrogens with two attached hydrogens (primary N) is 1. The summed E-state index contributed by atoms with van der Waals surface area (Å²) in [5, 5.41) is 38.5. The molecule has 6 atom stereocenters. The number of para-hydroxylation sites is 1. The number of esters is 1. The molecule has 2 saturated heterocycles. The van der Waals surface area contributed by atoms with Crippen LogP contribution < -0.4 is 15.3 Å². The molecular weight excluding hydrogens is 559 g/mol. The van der Waals surface area contributed by atoms with Crippen LogP contribution in [0.5, 0.6) is 5.75 Å². The summed E-state index contributed by atoms with van der Waals surface area (Å²) < 4.78 is 42.7. The van der Waals surface area contributed by atoms with Crippen LogP contribution in [0.3, 0.4) is 0 Å². The fourth-order valence-electron chi connectivity index (χ4n) is 4.36. The molecule has 0 spiro atoms. The number of nitrogens with one attached hydrogen (secondary N) is 1. The van der Waals surface area contributed by atoms with Crippen molar-refractivity contribution in [1.29, 1.82) is 5.26 Å². The highest BCUT2D eigenvalue weighted by Crippen LogP contribution is 2.48. The molecule has 3 aromatic rings. The predicted molar refractivity (Wildman–Crippen MR) is 140 cm³/mol. The molecule has 0 amide bonds. The van der Waals surface area contributed by atoms with Gasteiger partial charge in [-0.1, -0.05) is 18.2 Å². The number of nitrogens with zero attached hydrogens (tertiary/aromatic N) is 4. The van der Waals surface area contributed by atoms with Crippen LogP contribution in [-0.4, -0.2) is 81.1 Å². The second-order valence-corrected chi connectivity index (χ2v) is 11.4. The Kier molecular flexibility index (Phi) is 8.25. The van der Waals surface area contributed by atoms with Crippen LogP contribution in [0.25, 0.3) is 5.52 Å². The van der Waals surface area contributed by atoms with Crippen molar-refractivity contribution < 1.29 is 42.8 Å². The molecule has 218 valence electrons. The topological polar surface area (TPSA) is 213 Å². The number of benzene rings is 1. The average molecular weight is 589 g/mol. The van der Waals surface area contributed by atoms with Crippen molar-refractivity contribution >= 4 is 25.1 Å². The molecular formula is C25H29N6O9P. The van der Waals surface area contributed by atoms with Crippen LogP contribution in [0.2, 0.25) is 0 Å². The Labute approximate surface area is 234 Å². The zero-order chi connectivity index (χ0) is 29.2. The van der Waals surface area contributed by atoms with E-state index in [1.54, 1.807) is 30.3 Å². The van der Waals surface area contributed by atoms with Crippen molar-refractivity contribution in [2.75, 3.05) is 32.2 Å². The minimum Gasteiger partial charge on any atom is -0.464 e. The lowest BCUT2D eigenvalue weighted by Crippen LogP contribution is -2.46. The van der Waals surface area contributed by atoms with Crippen molar-refractivity contribution in [3.63, 3.8) is 0 Å². The third-order valence-electron chi connectivity index (χ3n) is 6.73. The molecule has 1 aromatic carbocycles. The summed E-state index contributed by atoms with van der Waals surface area (Å²) in [4.78, 5) is 16.5. The monoisotopic (exact) mass is 588 g/mol. The van der Waals surface area contributed by atoms with Crippen LogP contribution in [0.1, 0.15) is 18.7 Å². The third kappa shape index (κ3) is 5.90. The lowest BCUT2D eigenvalue weighted by Gasteiger charge is -2.29. The van der Waals surface area contributed by atoms with E-state index >= 15 is 0 Å². The number of aromatic nitrogens is 3. The van der Waals surface area contributed by atoms with E-state index in [1.807, 2.05) is 6.07 Å². The molecule has 5 rings (SSSR count). The number of hydrogen-bond donors (Lipinski definition) is 4.